The fraction of sp³-hybridized carbons (Fsp3) is 0.667. The van der Waals surface area contributed by atoms with Crippen LogP contribution in [0.5, 0.6) is 0 Å². The molecule has 0 aliphatic carbocycles. The third-order valence-electron chi connectivity index (χ3n) is 0.836. The molecule has 1 aliphatic rings. The molecule has 0 saturated heterocycles. The summed E-state index contributed by atoms with van der Waals surface area (Å²) >= 11 is 0. The SMILES string of the molecule is CCC1=N[NH2+]NN1. The van der Waals surface area contributed by atoms with Gasteiger partial charge < -0.3 is 0 Å². The second-order valence-corrected chi connectivity index (χ2v) is 1.33. The van der Waals surface area contributed by atoms with Gasteiger partial charge in [0.05, 0.1) is 0 Å². The molecule has 0 radical (unpaired) electrons. The molecular formula is C3H9N4+. The maximum absolute atomic E-state index is 3.92. The van der Waals surface area contributed by atoms with Crippen LogP contribution in [0.3, 0.4) is 0 Å². The molecule has 0 atom stereocenters. The first-order valence-electron chi connectivity index (χ1n) is 2.33. The van der Waals surface area contributed by atoms with Crippen molar-refractivity contribution in [2.24, 2.45) is 5.10 Å². The van der Waals surface area contributed by atoms with Gasteiger partial charge in [-0.3, -0.25) is 5.43 Å². The van der Waals surface area contributed by atoms with Crippen LogP contribution in [0.2, 0.25) is 0 Å². The fourth-order valence-electron chi connectivity index (χ4n) is 0.438. The average Bonchev–Trinajstić information content (AvgIpc) is 2.14. The number of hydrogen-bond acceptors (Lipinski definition) is 3. The summed E-state index contributed by atoms with van der Waals surface area (Å²) in [7, 11) is 0. The molecule has 0 saturated carbocycles. The van der Waals surface area contributed by atoms with E-state index >= 15 is 0 Å². The topological polar surface area (TPSA) is 53.0 Å². The number of nitrogens with two attached hydrogens (primary N) is 1. The van der Waals surface area contributed by atoms with Crippen molar-refractivity contribution < 1.29 is 5.53 Å². The Hall–Kier alpha value is -0.610. The van der Waals surface area contributed by atoms with Crippen LogP contribution in [0.4, 0.5) is 0 Å². The molecule has 7 heavy (non-hydrogen) atoms. The summed E-state index contributed by atoms with van der Waals surface area (Å²) in [6, 6.07) is 0. The lowest BCUT2D eigenvalue weighted by Gasteiger charge is -1.86. The molecule has 4 nitrogen and oxygen atoms in total. The zero-order chi connectivity index (χ0) is 5.11. The first-order valence-corrected chi connectivity index (χ1v) is 2.33. The largest absolute Gasteiger partial charge is 0.258 e. The van der Waals surface area contributed by atoms with E-state index in [4.69, 9.17) is 0 Å². The molecule has 0 unspecified atom stereocenters. The third-order valence-corrected chi connectivity index (χ3v) is 0.836. The number of hydrogen-bond donors (Lipinski definition) is 3. The van der Waals surface area contributed by atoms with Gasteiger partial charge in [-0.1, -0.05) is 12.5 Å². The molecule has 1 aliphatic heterocycles. The Labute approximate surface area is 41.9 Å². The molecule has 4 N–H and O–H groups in total. The fourth-order valence-corrected chi connectivity index (χ4v) is 0.438. The molecule has 4 heteroatoms. The van der Waals surface area contributed by atoms with Crippen LogP contribution in [0.15, 0.2) is 5.10 Å². The summed E-state index contributed by atoms with van der Waals surface area (Å²) in [6.45, 7) is 2.05. The van der Waals surface area contributed by atoms with Gasteiger partial charge in [-0.2, -0.15) is 0 Å². The summed E-state index contributed by atoms with van der Waals surface area (Å²) in [5, 5.41) is 3.92. The number of quaternary nitrogens is 1. The molecule has 1 heterocycles. The molecule has 0 aromatic heterocycles. The lowest BCUT2D eigenvalue weighted by molar-refractivity contribution is -0.713. The minimum absolute atomic E-state index is 0.962. The van der Waals surface area contributed by atoms with Crippen LogP contribution in [0, 0.1) is 0 Å². The zero-order valence-electron chi connectivity index (χ0n) is 4.23. The first kappa shape index (κ1) is 4.55. The second-order valence-electron chi connectivity index (χ2n) is 1.33. The minimum Gasteiger partial charge on any atom is -0.258 e. The third kappa shape index (κ3) is 0.880. The Bertz CT molecular complexity index is 86.9. The van der Waals surface area contributed by atoms with Gasteiger partial charge in [-0.05, 0) is 5.10 Å². The molecule has 0 fully saturated rings. The van der Waals surface area contributed by atoms with Crippen molar-refractivity contribution in [2.75, 3.05) is 0 Å². The number of nitrogens with one attached hydrogen (secondary N) is 2. The van der Waals surface area contributed by atoms with Crippen molar-refractivity contribution in [3.8, 4) is 0 Å². The molecule has 0 bridgehead atoms. The number of nitrogens with zero attached hydrogens (tertiary/aromatic N) is 1. The van der Waals surface area contributed by atoms with Crippen LogP contribution < -0.4 is 16.5 Å². The van der Waals surface area contributed by atoms with E-state index in [-0.39, 0.29) is 0 Å². The van der Waals surface area contributed by atoms with Crippen LogP contribution >= 0.6 is 0 Å². The quantitative estimate of drug-likeness (QED) is 0.345. The number of amidine groups is 1. The van der Waals surface area contributed by atoms with Gasteiger partial charge in [-0.15, -0.1) is 5.53 Å². The van der Waals surface area contributed by atoms with Crippen molar-refractivity contribution in [2.45, 2.75) is 13.3 Å². The van der Waals surface area contributed by atoms with Crippen molar-refractivity contribution in [1.29, 1.82) is 0 Å². The lowest BCUT2D eigenvalue weighted by atomic mass is 10.5. The molecule has 0 aromatic carbocycles. The highest BCUT2D eigenvalue weighted by Crippen LogP contribution is 1.74. The minimum atomic E-state index is 0.962. The van der Waals surface area contributed by atoms with Crippen molar-refractivity contribution in [3.05, 3.63) is 0 Å². The van der Waals surface area contributed by atoms with Gasteiger partial charge in [-0.25, -0.2) is 0 Å². The average molecular weight is 101 g/mol. The molecule has 0 spiro atoms. The molecule has 40 valence electrons. The van der Waals surface area contributed by atoms with Crippen LogP contribution in [-0.2, 0) is 0 Å². The van der Waals surface area contributed by atoms with Crippen LogP contribution in [-0.4, -0.2) is 5.84 Å². The van der Waals surface area contributed by atoms with E-state index in [2.05, 4.69) is 16.1 Å². The number of rotatable bonds is 1. The highest BCUT2D eigenvalue weighted by atomic mass is 15.8. The number of hydrazine groups is 1. The highest BCUT2D eigenvalue weighted by Gasteiger charge is 2.01. The molecular weight excluding hydrogens is 92.1 g/mol. The van der Waals surface area contributed by atoms with E-state index in [9.17, 15) is 0 Å². The van der Waals surface area contributed by atoms with Gasteiger partial charge in [0.1, 0.15) is 0 Å². The summed E-state index contributed by atoms with van der Waals surface area (Å²) in [5.41, 5.74) is 7.23. The lowest BCUT2D eigenvalue weighted by Crippen LogP contribution is -2.87. The van der Waals surface area contributed by atoms with Crippen molar-refractivity contribution in [3.63, 3.8) is 0 Å². The van der Waals surface area contributed by atoms with E-state index in [1.165, 1.54) is 0 Å². The van der Waals surface area contributed by atoms with Gasteiger partial charge >= 0.3 is 0 Å². The second kappa shape index (κ2) is 1.90. The predicted molar refractivity (Wildman–Crippen MR) is 25.9 cm³/mol. The maximum Gasteiger partial charge on any atom is 0.178 e. The Morgan fingerprint density at radius 2 is 2.71 bits per heavy atom. The first-order chi connectivity index (χ1) is 3.43. The van der Waals surface area contributed by atoms with E-state index in [0.29, 0.717) is 0 Å². The van der Waals surface area contributed by atoms with E-state index in [1.54, 1.807) is 5.53 Å². The smallest absolute Gasteiger partial charge is 0.178 e. The molecule has 1 rings (SSSR count). The van der Waals surface area contributed by atoms with Crippen LogP contribution in [0.25, 0.3) is 0 Å². The van der Waals surface area contributed by atoms with Gasteiger partial charge in [0.15, 0.2) is 5.84 Å². The normalized spacial score (nSPS) is 18.7. The van der Waals surface area contributed by atoms with E-state index < -0.39 is 0 Å². The maximum atomic E-state index is 3.92. The standard InChI is InChI=1S/C3H8N4/c1-2-3-4-6-7-5-3/h6-7H,2H2,1H3,(H,4,5)/p+1. The summed E-state index contributed by atoms with van der Waals surface area (Å²) in [4.78, 5) is 0. The monoisotopic (exact) mass is 101 g/mol. The van der Waals surface area contributed by atoms with Crippen molar-refractivity contribution in [1.82, 2.24) is 11.0 Å². The van der Waals surface area contributed by atoms with Gasteiger partial charge in [0.25, 0.3) is 0 Å². The Morgan fingerprint density at radius 3 is 3.00 bits per heavy atom. The summed E-state index contributed by atoms with van der Waals surface area (Å²) < 4.78 is 0. The zero-order valence-corrected chi connectivity index (χ0v) is 4.23. The van der Waals surface area contributed by atoms with Crippen LogP contribution in [0.1, 0.15) is 13.3 Å². The highest BCUT2D eigenvalue weighted by molar-refractivity contribution is 5.80. The van der Waals surface area contributed by atoms with Crippen molar-refractivity contribution >= 4 is 5.84 Å². The predicted octanol–water partition coefficient (Wildman–Crippen LogP) is -1.70. The van der Waals surface area contributed by atoms with E-state index in [1.807, 2.05) is 6.92 Å². The van der Waals surface area contributed by atoms with E-state index in [0.717, 1.165) is 12.3 Å². The van der Waals surface area contributed by atoms with Gasteiger partial charge in [0.2, 0.25) is 0 Å². The Kier molecular flexibility index (Phi) is 1.24. The summed E-state index contributed by atoms with van der Waals surface area (Å²) in [6.07, 6.45) is 0.962. The Balaban J connectivity index is 2.36. The Morgan fingerprint density at radius 1 is 1.86 bits per heavy atom. The molecule has 0 aromatic rings. The molecule has 0 amide bonds. The summed E-state index contributed by atoms with van der Waals surface area (Å²) in [5.74, 6) is 1.00. The van der Waals surface area contributed by atoms with Gasteiger partial charge in [0, 0.05) is 6.42 Å².